The predicted molar refractivity (Wildman–Crippen MR) is 101 cm³/mol. The molecule has 24 heavy (non-hydrogen) atoms. The van der Waals surface area contributed by atoms with E-state index in [9.17, 15) is 0 Å². The van der Waals surface area contributed by atoms with Crippen LogP contribution in [0.25, 0.3) is 12.2 Å². The summed E-state index contributed by atoms with van der Waals surface area (Å²) in [5.74, 6) is 0.754. The molecule has 0 atom stereocenters. The van der Waals surface area contributed by atoms with Gasteiger partial charge in [0, 0.05) is 11.8 Å². The zero-order valence-electron chi connectivity index (χ0n) is 14.1. The first kappa shape index (κ1) is 13.8. The Balaban J connectivity index is 1.93. The maximum absolute atomic E-state index is 2.42. The molecule has 0 spiro atoms. The molecule has 0 saturated carbocycles. The molecule has 0 nitrogen and oxygen atoms in total. The minimum Gasteiger partial charge on any atom is -0.0798 e. The minimum absolute atomic E-state index is 0.377. The van der Waals surface area contributed by atoms with Crippen molar-refractivity contribution < 1.29 is 0 Å². The van der Waals surface area contributed by atoms with Gasteiger partial charge in [0.1, 0.15) is 0 Å². The lowest BCUT2D eigenvalue weighted by molar-refractivity contribution is 0.752. The van der Waals surface area contributed by atoms with Crippen LogP contribution < -0.4 is 10.4 Å². The molecule has 0 heteroatoms. The average molecular weight is 308 g/mol. The van der Waals surface area contributed by atoms with Gasteiger partial charge in [0.05, 0.1) is 0 Å². The summed E-state index contributed by atoms with van der Waals surface area (Å²) in [5.41, 5.74) is 8.95. The summed E-state index contributed by atoms with van der Waals surface area (Å²) in [6.45, 7) is 4.27. The second-order valence-corrected chi connectivity index (χ2v) is 6.81. The molecule has 3 aliphatic rings. The summed E-state index contributed by atoms with van der Waals surface area (Å²) >= 11 is 0. The molecule has 3 aromatic rings. The van der Waals surface area contributed by atoms with Crippen LogP contribution in [0.1, 0.15) is 59.1 Å². The summed E-state index contributed by atoms with van der Waals surface area (Å²) < 4.78 is 0. The smallest absolute Gasteiger partial charge is 0.0349 e. The molecule has 116 valence electrons. The van der Waals surface area contributed by atoms with Crippen molar-refractivity contribution in [3.05, 3.63) is 104 Å². The van der Waals surface area contributed by atoms with Crippen LogP contribution in [0.15, 0.2) is 60.7 Å². The lowest BCUT2D eigenvalue weighted by Crippen LogP contribution is -2.33. The van der Waals surface area contributed by atoms with E-state index in [0.717, 1.165) is 0 Å². The van der Waals surface area contributed by atoms with Crippen molar-refractivity contribution in [1.29, 1.82) is 0 Å². The van der Waals surface area contributed by atoms with Gasteiger partial charge in [-0.2, -0.15) is 0 Å². The van der Waals surface area contributed by atoms with Crippen LogP contribution in [0.4, 0.5) is 0 Å². The Morgan fingerprint density at radius 2 is 0.875 bits per heavy atom. The highest BCUT2D eigenvalue weighted by Crippen LogP contribution is 2.54. The van der Waals surface area contributed by atoms with E-state index in [-0.39, 0.29) is 0 Å². The molecular weight excluding hydrogens is 288 g/mol. The second kappa shape index (κ2) is 4.95. The third kappa shape index (κ3) is 1.63. The molecule has 0 aliphatic heterocycles. The highest BCUT2D eigenvalue weighted by Gasteiger charge is 2.40. The first-order valence-electron chi connectivity index (χ1n) is 8.77. The first-order chi connectivity index (χ1) is 11.8. The maximum Gasteiger partial charge on any atom is 0.0349 e. The molecule has 0 saturated heterocycles. The normalized spacial score (nSPS) is 21.4. The number of rotatable bonds is 0. The van der Waals surface area contributed by atoms with Crippen LogP contribution >= 0.6 is 0 Å². The lowest BCUT2D eigenvalue weighted by atomic mass is 9.61. The van der Waals surface area contributed by atoms with Crippen molar-refractivity contribution in [2.75, 3.05) is 0 Å². The Labute approximate surface area is 142 Å². The summed E-state index contributed by atoms with van der Waals surface area (Å²) in [7, 11) is 0. The van der Waals surface area contributed by atoms with Gasteiger partial charge in [-0.1, -0.05) is 72.8 Å². The van der Waals surface area contributed by atoms with E-state index in [1.54, 1.807) is 0 Å². The largest absolute Gasteiger partial charge is 0.0798 e. The van der Waals surface area contributed by atoms with E-state index < -0.39 is 0 Å². The highest BCUT2D eigenvalue weighted by molar-refractivity contribution is 5.68. The monoisotopic (exact) mass is 308 g/mol. The molecule has 0 N–H and O–H groups in total. The molecule has 3 aliphatic carbocycles. The Morgan fingerprint density at radius 3 is 1.17 bits per heavy atom. The zero-order chi connectivity index (χ0) is 16.3. The van der Waals surface area contributed by atoms with Gasteiger partial charge in [-0.3, -0.25) is 0 Å². The molecule has 0 heterocycles. The fourth-order valence-electron chi connectivity index (χ4n) is 4.75. The van der Waals surface area contributed by atoms with Crippen molar-refractivity contribution in [3.63, 3.8) is 0 Å². The number of hydrogen-bond acceptors (Lipinski definition) is 0. The molecular formula is C24H20. The second-order valence-electron chi connectivity index (χ2n) is 6.81. The van der Waals surface area contributed by atoms with Crippen LogP contribution in [-0.4, -0.2) is 0 Å². The van der Waals surface area contributed by atoms with E-state index in [0.29, 0.717) is 11.8 Å². The van der Waals surface area contributed by atoms with E-state index in [4.69, 9.17) is 0 Å². The molecule has 0 aromatic heterocycles. The maximum atomic E-state index is 2.42. The SMILES string of the molecule is C/C=c1/cc2c(c/c1=C/C)C1c3ccccc3C2c2ccccc21. The standard InChI is InChI=1S/C24H20/c1-3-15-13-21-22(14-16(15)4-2)24-19-11-7-5-9-17(19)23(21)18-10-6-8-12-20(18)24/h3-14,23-24H,1-2H3/b15-3-,16-4-. The molecule has 0 radical (unpaired) electrons. The van der Waals surface area contributed by atoms with Gasteiger partial charge in [0.2, 0.25) is 0 Å². The summed E-state index contributed by atoms with van der Waals surface area (Å²) in [4.78, 5) is 0. The van der Waals surface area contributed by atoms with Crippen molar-refractivity contribution >= 4 is 12.2 Å². The van der Waals surface area contributed by atoms with Crippen molar-refractivity contribution in [3.8, 4) is 0 Å². The fraction of sp³-hybridized carbons (Fsp3) is 0.167. The van der Waals surface area contributed by atoms with Gasteiger partial charge in [-0.15, -0.1) is 0 Å². The van der Waals surface area contributed by atoms with Crippen LogP contribution in [-0.2, 0) is 0 Å². The minimum atomic E-state index is 0.377. The Kier molecular flexibility index (Phi) is 2.84. The Bertz CT molecular complexity index is 951. The Hall–Kier alpha value is -2.60. The molecule has 2 bridgehead atoms. The van der Waals surface area contributed by atoms with Crippen LogP contribution in [0.5, 0.6) is 0 Å². The molecule has 0 amide bonds. The van der Waals surface area contributed by atoms with E-state index in [1.165, 1.54) is 43.8 Å². The van der Waals surface area contributed by atoms with E-state index in [2.05, 4.69) is 86.7 Å². The van der Waals surface area contributed by atoms with Crippen molar-refractivity contribution in [1.82, 2.24) is 0 Å². The Morgan fingerprint density at radius 1 is 0.542 bits per heavy atom. The first-order valence-corrected chi connectivity index (χ1v) is 8.77. The number of hydrogen-bond donors (Lipinski definition) is 0. The summed E-state index contributed by atoms with van der Waals surface area (Å²) in [5, 5.41) is 2.69. The predicted octanol–water partition coefficient (Wildman–Crippen LogP) is 4.27. The van der Waals surface area contributed by atoms with Crippen LogP contribution in [0.2, 0.25) is 0 Å². The zero-order valence-corrected chi connectivity index (χ0v) is 14.1. The molecule has 6 rings (SSSR count). The van der Waals surface area contributed by atoms with Gasteiger partial charge in [0.25, 0.3) is 0 Å². The van der Waals surface area contributed by atoms with Gasteiger partial charge < -0.3 is 0 Å². The topological polar surface area (TPSA) is 0 Å². The summed E-state index contributed by atoms with van der Waals surface area (Å²) in [6.07, 6.45) is 4.46. The van der Waals surface area contributed by atoms with Crippen molar-refractivity contribution in [2.45, 2.75) is 25.7 Å². The van der Waals surface area contributed by atoms with E-state index >= 15 is 0 Å². The fourth-order valence-corrected chi connectivity index (χ4v) is 4.75. The average Bonchev–Trinajstić information content (AvgIpc) is 2.66. The van der Waals surface area contributed by atoms with E-state index in [1.807, 2.05) is 0 Å². The van der Waals surface area contributed by atoms with Gasteiger partial charge >= 0.3 is 0 Å². The van der Waals surface area contributed by atoms with Gasteiger partial charge in [-0.25, -0.2) is 0 Å². The molecule has 0 unspecified atom stereocenters. The summed E-state index contributed by atoms with van der Waals surface area (Å²) in [6, 6.07) is 22.9. The van der Waals surface area contributed by atoms with Crippen LogP contribution in [0.3, 0.4) is 0 Å². The highest BCUT2D eigenvalue weighted by atomic mass is 14.4. The quantitative estimate of drug-likeness (QED) is 0.401. The third-order valence-corrected chi connectivity index (χ3v) is 5.77. The van der Waals surface area contributed by atoms with Crippen LogP contribution in [0, 0.1) is 0 Å². The molecule has 3 aromatic carbocycles. The number of benzene rings is 3. The van der Waals surface area contributed by atoms with Gasteiger partial charge in [0.15, 0.2) is 0 Å². The van der Waals surface area contributed by atoms with Gasteiger partial charge in [-0.05, 0) is 57.7 Å². The molecule has 0 fully saturated rings. The third-order valence-electron chi connectivity index (χ3n) is 5.77. The van der Waals surface area contributed by atoms with Crippen molar-refractivity contribution in [2.24, 2.45) is 0 Å². The lowest BCUT2D eigenvalue weighted by Gasteiger charge is -2.42.